The number of hydroxylamine groups is 1. The summed E-state index contributed by atoms with van der Waals surface area (Å²) in [6, 6.07) is 10.2. The lowest BCUT2D eigenvalue weighted by Gasteiger charge is -2.35. The quantitative estimate of drug-likeness (QED) is 0.469. The Labute approximate surface area is 179 Å². The van der Waals surface area contributed by atoms with Gasteiger partial charge in [0.2, 0.25) is 0 Å². The van der Waals surface area contributed by atoms with Gasteiger partial charge in [-0.15, -0.1) is 0 Å². The Hall–Kier alpha value is -2.66. The maximum atomic E-state index is 14.4. The molecule has 1 aliphatic rings. The molecular weight excluding hydrogens is 441 g/mol. The van der Waals surface area contributed by atoms with Crippen molar-refractivity contribution in [3.8, 4) is 0 Å². The fourth-order valence-corrected chi connectivity index (χ4v) is 4.44. The summed E-state index contributed by atoms with van der Waals surface area (Å²) in [5, 5.41) is 5.00. The molecule has 2 aromatic carbocycles. The van der Waals surface area contributed by atoms with Crippen molar-refractivity contribution in [3.63, 3.8) is 0 Å². The van der Waals surface area contributed by atoms with E-state index >= 15 is 0 Å². The van der Waals surface area contributed by atoms with Crippen molar-refractivity contribution >= 4 is 22.8 Å². The number of nitrogens with one attached hydrogen (secondary N) is 1. The lowest BCUT2D eigenvalue weighted by Crippen LogP contribution is -2.47. The first kappa shape index (κ1) is 23.0. The van der Waals surface area contributed by atoms with Gasteiger partial charge in [0.05, 0.1) is 0 Å². The van der Waals surface area contributed by atoms with Crippen LogP contribution in [-0.4, -0.2) is 28.9 Å². The lowest BCUT2D eigenvalue weighted by atomic mass is 10.0. The molecule has 1 atom stereocenters. The van der Waals surface area contributed by atoms with Crippen LogP contribution in [0.25, 0.3) is 0 Å². The number of hydrogen-bond donors (Lipinski definition) is 1. The van der Waals surface area contributed by atoms with Crippen LogP contribution in [0.3, 0.4) is 0 Å². The fraction of sp³-hybridized carbons (Fsp3) is 0.250. The number of carbonyl (C=O) groups is 1. The molecule has 1 heterocycles. The van der Waals surface area contributed by atoms with E-state index in [1.165, 1.54) is 0 Å². The smallest absolute Gasteiger partial charge is 0.263 e. The van der Waals surface area contributed by atoms with Gasteiger partial charge in [-0.3, -0.25) is 4.84 Å². The number of rotatable bonds is 6. The third-order valence-corrected chi connectivity index (χ3v) is 5.73. The maximum absolute atomic E-state index is 14.4. The first-order valence-corrected chi connectivity index (χ1v) is 9.84. The van der Waals surface area contributed by atoms with Crippen LogP contribution in [0, 0.1) is 18.6 Å². The molecule has 1 radical (unpaired) electrons. The Morgan fingerprint density at radius 2 is 1.90 bits per heavy atom. The number of thioether (sulfide) groups is 1. The van der Waals surface area contributed by atoms with Crippen molar-refractivity contribution in [2.75, 3.05) is 6.61 Å². The first-order chi connectivity index (χ1) is 14.7. The van der Waals surface area contributed by atoms with E-state index in [1.54, 1.807) is 35.8 Å². The van der Waals surface area contributed by atoms with Gasteiger partial charge in [-0.2, -0.15) is 23.3 Å². The largest absolute Gasteiger partial charge is 0.414 e. The molecule has 0 aromatic heterocycles. The third kappa shape index (κ3) is 5.16. The number of alkyl halides is 3. The molecule has 1 aliphatic heterocycles. The van der Waals surface area contributed by atoms with Gasteiger partial charge < -0.3 is 0 Å². The number of urea groups is 1. The number of carbonyl (C=O) groups excluding carboxylic acids is 1. The Balaban J connectivity index is 2.02. The van der Waals surface area contributed by atoms with Crippen molar-refractivity contribution in [1.29, 1.82) is 0 Å². The van der Waals surface area contributed by atoms with E-state index in [1.807, 2.05) is 0 Å². The molecule has 2 amide bonds. The molecule has 0 bridgehead atoms. The van der Waals surface area contributed by atoms with Gasteiger partial charge in [-0.25, -0.2) is 19.1 Å². The predicted octanol–water partition coefficient (Wildman–Crippen LogP) is 5.35. The highest BCUT2D eigenvalue weighted by Crippen LogP contribution is 2.50. The lowest BCUT2D eigenvalue weighted by molar-refractivity contribution is -0.185. The van der Waals surface area contributed by atoms with Gasteiger partial charge in [0.1, 0.15) is 21.5 Å². The van der Waals surface area contributed by atoms with Gasteiger partial charge >= 0.3 is 12.2 Å². The van der Waals surface area contributed by atoms with E-state index in [-0.39, 0.29) is 17.0 Å². The van der Waals surface area contributed by atoms with Crippen molar-refractivity contribution < 1.29 is 31.6 Å². The van der Waals surface area contributed by atoms with Gasteiger partial charge in [0.15, 0.2) is 6.61 Å². The van der Waals surface area contributed by atoms with Crippen molar-refractivity contribution in [3.05, 3.63) is 78.2 Å². The topological polar surface area (TPSA) is 53.9 Å². The predicted molar refractivity (Wildman–Crippen MR) is 106 cm³/mol. The Bertz CT molecular complexity index is 971. The van der Waals surface area contributed by atoms with Gasteiger partial charge in [-0.1, -0.05) is 49.0 Å². The van der Waals surface area contributed by atoms with E-state index in [2.05, 4.69) is 16.9 Å². The molecule has 1 unspecified atom stereocenters. The zero-order valence-electron chi connectivity index (χ0n) is 16.0. The summed E-state index contributed by atoms with van der Waals surface area (Å²) in [5.74, 6) is -1.47. The molecule has 31 heavy (non-hydrogen) atoms. The van der Waals surface area contributed by atoms with Crippen LogP contribution < -0.4 is 5.48 Å². The zero-order chi connectivity index (χ0) is 22.6. The summed E-state index contributed by atoms with van der Waals surface area (Å²) in [6.07, 6.45) is -4.13. The molecule has 3 rings (SSSR count). The van der Waals surface area contributed by atoms with E-state index in [4.69, 9.17) is 0 Å². The average Bonchev–Trinajstić information content (AvgIpc) is 3.10. The molecule has 0 aliphatic carbocycles. The van der Waals surface area contributed by atoms with Crippen molar-refractivity contribution in [2.45, 2.75) is 23.9 Å². The summed E-state index contributed by atoms with van der Waals surface area (Å²) in [5.41, 5.74) is 2.11. The minimum Gasteiger partial charge on any atom is -0.263 e. The number of benzene rings is 2. The standard InChI is InChI=1S/C20H17F5N3O2S/c1-2-10-19(13-6-4-3-5-7-13)28(18(29)27-30-12-20(23,24)25)26-17(31-19)15-11-14(21)8-9-16(15)22/h3-9,11H,1-2,10,12H2,(H,27,29). The van der Waals surface area contributed by atoms with Gasteiger partial charge in [0.25, 0.3) is 0 Å². The first-order valence-electron chi connectivity index (χ1n) is 9.03. The summed E-state index contributed by atoms with van der Waals surface area (Å²) < 4.78 is 65.3. The molecular formula is C20H17F5N3O2S. The molecule has 0 spiro atoms. The summed E-state index contributed by atoms with van der Waals surface area (Å²) in [4.78, 5) is 15.7. The van der Waals surface area contributed by atoms with E-state index < -0.39 is 35.3 Å². The summed E-state index contributed by atoms with van der Waals surface area (Å²) >= 11 is 0.978. The number of hydrazone groups is 1. The minimum absolute atomic E-state index is 0.0136. The molecule has 1 N–H and O–H groups in total. The number of halogens is 5. The Kier molecular flexibility index (Phi) is 6.85. The zero-order valence-corrected chi connectivity index (χ0v) is 16.8. The van der Waals surface area contributed by atoms with Crippen LogP contribution in [0.2, 0.25) is 0 Å². The van der Waals surface area contributed by atoms with Gasteiger partial charge in [0, 0.05) is 5.56 Å². The van der Waals surface area contributed by atoms with Crippen LogP contribution in [0.5, 0.6) is 0 Å². The van der Waals surface area contributed by atoms with E-state index in [0.29, 0.717) is 12.0 Å². The molecule has 11 heteroatoms. The van der Waals surface area contributed by atoms with Crippen LogP contribution in [-0.2, 0) is 9.71 Å². The minimum atomic E-state index is -4.66. The van der Waals surface area contributed by atoms with E-state index in [9.17, 15) is 26.7 Å². The molecule has 0 saturated heterocycles. The second-order valence-electron chi connectivity index (χ2n) is 6.51. The van der Waals surface area contributed by atoms with Crippen LogP contribution in [0.1, 0.15) is 24.0 Å². The normalized spacial score (nSPS) is 18.8. The van der Waals surface area contributed by atoms with Crippen LogP contribution in [0.4, 0.5) is 26.7 Å². The molecule has 0 fully saturated rings. The van der Waals surface area contributed by atoms with Crippen LogP contribution >= 0.6 is 11.8 Å². The second-order valence-corrected chi connectivity index (χ2v) is 7.77. The highest BCUT2D eigenvalue weighted by molar-refractivity contribution is 8.15. The maximum Gasteiger partial charge on any atom is 0.414 e. The molecule has 2 aromatic rings. The number of hydrogen-bond acceptors (Lipinski definition) is 4. The van der Waals surface area contributed by atoms with E-state index in [0.717, 1.165) is 35.0 Å². The molecule has 165 valence electrons. The Morgan fingerprint density at radius 1 is 1.19 bits per heavy atom. The second kappa shape index (κ2) is 9.23. The third-order valence-electron chi connectivity index (χ3n) is 4.29. The molecule has 0 saturated carbocycles. The van der Waals surface area contributed by atoms with Gasteiger partial charge in [-0.05, 0) is 36.6 Å². The highest BCUT2D eigenvalue weighted by Gasteiger charge is 2.49. The monoisotopic (exact) mass is 458 g/mol. The Morgan fingerprint density at radius 3 is 2.55 bits per heavy atom. The van der Waals surface area contributed by atoms with Crippen molar-refractivity contribution in [2.24, 2.45) is 5.10 Å². The SMILES string of the molecule is [CH2]CCC1(c2ccccc2)SC(c2cc(F)ccc2F)=NN1C(=O)NOCC(F)(F)F. The summed E-state index contributed by atoms with van der Waals surface area (Å²) in [7, 11) is 0. The highest BCUT2D eigenvalue weighted by atomic mass is 32.2. The molecule has 5 nitrogen and oxygen atoms in total. The average molecular weight is 458 g/mol. The van der Waals surface area contributed by atoms with Crippen LogP contribution in [0.15, 0.2) is 53.6 Å². The fourth-order valence-electron chi connectivity index (χ4n) is 3.02. The number of nitrogens with zero attached hydrogens (tertiary/aromatic N) is 2. The number of amides is 2. The summed E-state index contributed by atoms with van der Waals surface area (Å²) in [6.45, 7) is 2.09. The van der Waals surface area contributed by atoms with Crippen molar-refractivity contribution in [1.82, 2.24) is 10.5 Å².